The molecule has 0 rings (SSSR count). The fourth-order valence-electron chi connectivity index (χ4n) is 0. The van der Waals surface area contributed by atoms with Crippen molar-refractivity contribution in [2.45, 2.75) is 0 Å². The molecular formula is H2BaCoFeNbO. The Morgan fingerprint density at radius 2 is 1.40 bits per heavy atom. The molecule has 0 aromatic rings. The van der Waals surface area contributed by atoms with Gasteiger partial charge >= 0.3 is 68.4 Å². The Hall–Kier alpha value is 3.14. The molecular weight excluding hydrogens is 361 g/mol. The van der Waals surface area contributed by atoms with Crippen molar-refractivity contribution in [2.75, 3.05) is 0 Å². The van der Waals surface area contributed by atoms with Crippen LogP contribution in [0.4, 0.5) is 0 Å². The van der Waals surface area contributed by atoms with Gasteiger partial charge < -0.3 is 2.85 Å². The van der Waals surface area contributed by atoms with E-state index >= 15 is 0 Å². The zero-order valence-electron chi connectivity index (χ0n) is 4.25. The van der Waals surface area contributed by atoms with Crippen LogP contribution in [-0.4, -0.2) is 48.9 Å². The van der Waals surface area contributed by atoms with Crippen LogP contribution in [0.3, 0.4) is 0 Å². The topological polar surface area (TPSA) is 17.1 Å². The zero-order chi connectivity index (χ0) is 2.00. The van der Waals surface area contributed by atoms with Crippen LogP contribution in [0.1, 0.15) is 2.85 Å². The van der Waals surface area contributed by atoms with Gasteiger partial charge in [0.25, 0.3) is 0 Å². The molecule has 0 amide bonds. The SMILES string of the molecule is [Ba+2].[Fe].[H-].[H-].[Nb].[O]=[Co]. The molecule has 0 aromatic carbocycles. The summed E-state index contributed by atoms with van der Waals surface area (Å²) in [5, 5.41) is 0. The normalized spacial score (nSPS) is 1.00. The van der Waals surface area contributed by atoms with E-state index < -0.39 is 0 Å². The van der Waals surface area contributed by atoms with Crippen LogP contribution in [-0.2, 0) is 59.0 Å². The molecule has 0 bridgehead atoms. The van der Waals surface area contributed by atoms with Crippen molar-refractivity contribution in [3.8, 4) is 0 Å². The van der Waals surface area contributed by atoms with E-state index in [1.807, 2.05) is 0 Å². The predicted octanol–water partition coefficient (Wildman–Crippen LogP) is -0.282. The molecule has 0 spiro atoms. The van der Waals surface area contributed by atoms with Crippen molar-refractivity contribution in [2.24, 2.45) is 0 Å². The minimum absolute atomic E-state index is 0. The van der Waals surface area contributed by atoms with Gasteiger partial charge in [0.05, 0.1) is 0 Å². The average Bonchev–Trinajstić information content (AvgIpc) is 1.00. The minimum atomic E-state index is 0. The molecule has 1 radical (unpaired) electrons. The van der Waals surface area contributed by atoms with E-state index in [0.717, 1.165) is 0 Å². The van der Waals surface area contributed by atoms with Crippen molar-refractivity contribution in [1.82, 2.24) is 0 Å². The van der Waals surface area contributed by atoms with Crippen LogP contribution in [0.5, 0.6) is 0 Å². The van der Waals surface area contributed by atoms with Gasteiger partial charge in [-0.2, -0.15) is 0 Å². The molecule has 0 atom stereocenters. The third-order valence-corrected chi connectivity index (χ3v) is 0. The summed E-state index contributed by atoms with van der Waals surface area (Å²) in [5.41, 5.74) is 0. The summed E-state index contributed by atoms with van der Waals surface area (Å²) in [6.07, 6.45) is 0. The Labute approximate surface area is 108 Å². The van der Waals surface area contributed by atoms with E-state index in [-0.39, 0.29) is 91.2 Å². The maximum absolute atomic E-state index is 7.94. The van der Waals surface area contributed by atoms with Crippen molar-refractivity contribution in [1.29, 1.82) is 0 Å². The maximum atomic E-state index is 7.94. The summed E-state index contributed by atoms with van der Waals surface area (Å²) >= 11 is 2.31. The van der Waals surface area contributed by atoms with Gasteiger partial charge in [-0.15, -0.1) is 0 Å². The summed E-state index contributed by atoms with van der Waals surface area (Å²) < 4.78 is 7.94. The molecule has 1 nitrogen and oxygen atoms in total. The third-order valence-electron chi connectivity index (χ3n) is 0. The van der Waals surface area contributed by atoms with Crippen LogP contribution in [0.2, 0.25) is 0 Å². The predicted molar refractivity (Wildman–Crippen MR) is 8.66 cm³/mol. The van der Waals surface area contributed by atoms with Gasteiger partial charge in [0.15, 0.2) is 0 Å². The summed E-state index contributed by atoms with van der Waals surface area (Å²) in [6.45, 7) is 0. The Balaban J connectivity index is -0.000000000500. The van der Waals surface area contributed by atoms with Gasteiger partial charge in [0.2, 0.25) is 0 Å². The molecule has 0 fully saturated rings. The van der Waals surface area contributed by atoms with Gasteiger partial charge in [-0.25, -0.2) is 0 Å². The average molecular weight is 363 g/mol. The first-order chi connectivity index (χ1) is 1.00. The molecule has 0 unspecified atom stereocenters. The van der Waals surface area contributed by atoms with E-state index in [4.69, 9.17) is 3.87 Å². The van der Waals surface area contributed by atoms with E-state index in [0.29, 0.717) is 0 Å². The monoisotopic (exact) mass is 364 g/mol. The van der Waals surface area contributed by atoms with Gasteiger partial charge in [-0.3, -0.25) is 0 Å². The molecule has 5 heteroatoms. The molecule has 0 N–H and O–H groups in total. The van der Waals surface area contributed by atoms with Gasteiger partial charge in [0, 0.05) is 39.4 Å². The first-order valence-electron chi connectivity index (χ1n) is 0.136. The van der Waals surface area contributed by atoms with Crippen LogP contribution < -0.4 is 0 Å². The molecule has 5 heavy (non-hydrogen) atoms. The number of hydrogen-bond acceptors (Lipinski definition) is 1. The van der Waals surface area contributed by atoms with Gasteiger partial charge in [-0.1, -0.05) is 0 Å². The Bertz CT molecular complexity index is 17.7. The van der Waals surface area contributed by atoms with Crippen molar-refractivity contribution >= 4 is 48.9 Å². The Kier molecular flexibility index (Phi) is 132. The summed E-state index contributed by atoms with van der Waals surface area (Å²) in [4.78, 5) is 0. The summed E-state index contributed by atoms with van der Waals surface area (Å²) in [6, 6.07) is 0. The van der Waals surface area contributed by atoms with Gasteiger partial charge in [-0.05, 0) is 0 Å². The molecule has 0 aromatic heterocycles. The molecule has 0 saturated carbocycles. The Morgan fingerprint density at radius 3 is 1.40 bits per heavy atom. The van der Waals surface area contributed by atoms with E-state index in [9.17, 15) is 0 Å². The van der Waals surface area contributed by atoms with Gasteiger partial charge in [0.1, 0.15) is 0 Å². The summed E-state index contributed by atoms with van der Waals surface area (Å²) in [7, 11) is 0. The molecule has 0 saturated heterocycles. The quantitative estimate of drug-likeness (QED) is 0.542. The molecule has 0 aliphatic rings. The molecule has 0 aliphatic heterocycles. The first-order valence-corrected chi connectivity index (χ1v) is 0.561. The second-order valence-electron chi connectivity index (χ2n) is 0. The number of rotatable bonds is 0. The molecule has 0 heterocycles. The van der Waals surface area contributed by atoms with Crippen molar-refractivity contribution in [3.05, 3.63) is 0 Å². The van der Waals surface area contributed by atoms with Crippen LogP contribution in [0.25, 0.3) is 0 Å². The second-order valence-corrected chi connectivity index (χ2v) is 0. The number of hydrogen-bond donors (Lipinski definition) is 0. The molecule has 0 aliphatic carbocycles. The zero-order valence-corrected chi connectivity index (χ0v) is 11.0. The van der Waals surface area contributed by atoms with Crippen molar-refractivity contribution in [3.63, 3.8) is 0 Å². The molecule has 32 valence electrons. The first kappa shape index (κ1) is 24.2. The fraction of sp³-hybridized carbons (Fsp3) is 0. The Morgan fingerprint density at radius 1 is 1.40 bits per heavy atom. The van der Waals surface area contributed by atoms with E-state index in [1.165, 1.54) is 0 Å². The van der Waals surface area contributed by atoms with Crippen LogP contribution in [0.15, 0.2) is 0 Å². The second kappa shape index (κ2) is 27.3. The van der Waals surface area contributed by atoms with Crippen LogP contribution in [0, 0.1) is 0 Å². The van der Waals surface area contributed by atoms with E-state index in [1.54, 1.807) is 0 Å². The van der Waals surface area contributed by atoms with Crippen molar-refractivity contribution < 1.29 is 61.8 Å². The fourth-order valence-corrected chi connectivity index (χ4v) is 0. The summed E-state index contributed by atoms with van der Waals surface area (Å²) in [5.74, 6) is 0. The standard InChI is InChI=1S/Ba.Co.Fe.Nb.O.2H/q+2;;;;;2*-1. The van der Waals surface area contributed by atoms with E-state index in [2.05, 4.69) is 15.7 Å². The van der Waals surface area contributed by atoms with Crippen LogP contribution >= 0.6 is 0 Å². The third kappa shape index (κ3) is 19.1.